The fourth-order valence-electron chi connectivity index (χ4n) is 3.51. The Balaban J connectivity index is 1.79. The van der Waals surface area contributed by atoms with Crippen LogP contribution in [0.3, 0.4) is 0 Å². The Labute approximate surface area is 140 Å². The van der Waals surface area contributed by atoms with Crippen LogP contribution in [-0.2, 0) is 0 Å². The molecule has 23 heavy (non-hydrogen) atoms. The van der Waals surface area contributed by atoms with Gasteiger partial charge in [-0.3, -0.25) is 4.90 Å². The molecule has 3 nitrogen and oxygen atoms in total. The van der Waals surface area contributed by atoms with Gasteiger partial charge < -0.3 is 4.90 Å². The van der Waals surface area contributed by atoms with Crippen molar-refractivity contribution in [3.05, 3.63) is 54.2 Å². The van der Waals surface area contributed by atoms with Crippen LogP contribution in [0.1, 0.15) is 44.7 Å². The predicted octanol–water partition coefficient (Wildman–Crippen LogP) is 4.78. The molecule has 0 bridgehead atoms. The van der Waals surface area contributed by atoms with Crippen molar-refractivity contribution in [2.45, 2.75) is 45.2 Å². The molecule has 1 atom stereocenters. The van der Waals surface area contributed by atoms with Gasteiger partial charge in [0, 0.05) is 31.0 Å². The molecular weight excluding hydrogens is 282 g/mol. The highest BCUT2D eigenvalue weighted by Gasteiger charge is 2.26. The molecule has 1 aliphatic heterocycles. The molecule has 0 spiro atoms. The molecular formula is C20H27N3. The molecule has 0 aliphatic carbocycles. The molecule has 1 saturated heterocycles. The smallest absolute Gasteiger partial charge is 0.132 e. The number of para-hydroxylation sites is 1. The second kappa shape index (κ2) is 7.14. The van der Waals surface area contributed by atoms with Crippen LogP contribution >= 0.6 is 0 Å². The summed E-state index contributed by atoms with van der Waals surface area (Å²) in [6.07, 6.45) is 5.95. The van der Waals surface area contributed by atoms with Crippen molar-refractivity contribution in [3.8, 4) is 0 Å². The number of pyridine rings is 1. The lowest BCUT2D eigenvalue weighted by Crippen LogP contribution is -2.38. The van der Waals surface area contributed by atoms with Crippen molar-refractivity contribution in [1.29, 1.82) is 0 Å². The second-order valence-corrected chi connectivity index (χ2v) is 6.69. The Hall–Kier alpha value is -1.87. The highest BCUT2D eigenvalue weighted by molar-refractivity contribution is 5.58. The maximum atomic E-state index is 4.72. The average Bonchev–Trinajstić information content (AvgIpc) is 2.62. The lowest BCUT2D eigenvalue weighted by Gasteiger charge is -2.38. The van der Waals surface area contributed by atoms with E-state index in [1.807, 2.05) is 6.07 Å². The summed E-state index contributed by atoms with van der Waals surface area (Å²) in [5, 5.41) is 0. The summed E-state index contributed by atoms with van der Waals surface area (Å²) in [5.74, 6) is 0.992. The van der Waals surface area contributed by atoms with E-state index in [1.54, 1.807) is 0 Å². The van der Waals surface area contributed by atoms with E-state index in [0.717, 1.165) is 11.5 Å². The van der Waals surface area contributed by atoms with E-state index >= 15 is 0 Å². The zero-order valence-corrected chi connectivity index (χ0v) is 14.4. The monoisotopic (exact) mass is 309 g/mol. The third kappa shape index (κ3) is 3.56. The van der Waals surface area contributed by atoms with Gasteiger partial charge in [-0.15, -0.1) is 0 Å². The molecule has 0 saturated carbocycles. The van der Waals surface area contributed by atoms with Crippen molar-refractivity contribution in [3.63, 3.8) is 0 Å². The number of aromatic nitrogens is 1. The largest absolute Gasteiger partial charge is 0.329 e. The van der Waals surface area contributed by atoms with Crippen molar-refractivity contribution in [2.24, 2.45) is 0 Å². The molecule has 0 radical (unpaired) electrons. The minimum atomic E-state index is 0.521. The normalized spacial score (nSPS) is 19.0. The molecule has 1 aromatic heterocycles. The van der Waals surface area contributed by atoms with Crippen LogP contribution < -0.4 is 4.90 Å². The molecule has 1 fully saturated rings. The lowest BCUT2D eigenvalue weighted by atomic mass is 9.95. The molecule has 0 unspecified atom stereocenters. The summed E-state index contributed by atoms with van der Waals surface area (Å²) >= 11 is 0. The minimum absolute atomic E-state index is 0.521. The highest BCUT2D eigenvalue weighted by Crippen LogP contribution is 2.33. The van der Waals surface area contributed by atoms with Gasteiger partial charge in [-0.1, -0.05) is 30.7 Å². The van der Waals surface area contributed by atoms with E-state index in [4.69, 9.17) is 4.98 Å². The van der Waals surface area contributed by atoms with Gasteiger partial charge in [0.2, 0.25) is 0 Å². The van der Waals surface area contributed by atoms with E-state index in [9.17, 15) is 0 Å². The van der Waals surface area contributed by atoms with Crippen LogP contribution in [0.5, 0.6) is 0 Å². The van der Waals surface area contributed by atoms with Crippen LogP contribution in [0, 0.1) is 0 Å². The summed E-state index contributed by atoms with van der Waals surface area (Å²) in [5.41, 5.74) is 2.51. The molecule has 2 aromatic rings. The molecule has 2 heterocycles. The number of nitrogens with zero attached hydrogens (tertiary/aromatic N) is 3. The second-order valence-electron chi connectivity index (χ2n) is 6.69. The van der Waals surface area contributed by atoms with Gasteiger partial charge in [-0.25, -0.2) is 4.98 Å². The zero-order chi connectivity index (χ0) is 16.2. The maximum Gasteiger partial charge on any atom is 0.132 e. The summed E-state index contributed by atoms with van der Waals surface area (Å²) in [6, 6.07) is 15.9. The van der Waals surface area contributed by atoms with E-state index in [2.05, 4.69) is 73.3 Å². The zero-order valence-electron chi connectivity index (χ0n) is 14.4. The topological polar surface area (TPSA) is 19.4 Å². The Morgan fingerprint density at radius 2 is 1.87 bits per heavy atom. The van der Waals surface area contributed by atoms with Gasteiger partial charge in [-0.05, 0) is 57.0 Å². The van der Waals surface area contributed by atoms with Crippen LogP contribution in [0.4, 0.5) is 11.5 Å². The molecule has 1 aliphatic rings. The summed E-state index contributed by atoms with van der Waals surface area (Å²) in [7, 11) is 2.07. The van der Waals surface area contributed by atoms with Gasteiger partial charge in [0.15, 0.2) is 0 Å². The first-order chi connectivity index (χ1) is 11.2. The highest BCUT2D eigenvalue weighted by atomic mass is 15.2. The quantitative estimate of drug-likeness (QED) is 0.810. The van der Waals surface area contributed by atoms with E-state index < -0.39 is 0 Å². The average molecular weight is 309 g/mol. The van der Waals surface area contributed by atoms with E-state index in [1.165, 1.54) is 31.4 Å². The number of piperidine rings is 1. The number of benzene rings is 1. The number of anilines is 2. The van der Waals surface area contributed by atoms with Crippen molar-refractivity contribution < 1.29 is 0 Å². The third-order valence-corrected chi connectivity index (χ3v) is 4.85. The minimum Gasteiger partial charge on any atom is -0.329 e. The fraction of sp³-hybridized carbons (Fsp3) is 0.450. The summed E-state index contributed by atoms with van der Waals surface area (Å²) in [6.45, 7) is 5.79. The van der Waals surface area contributed by atoms with Crippen LogP contribution in [0.2, 0.25) is 0 Å². The SMILES string of the molecule is CC(C)N1CCCC[C@H]1c1ccc(N(C)c2ccccc2)nc1. The van der Waals surface area contributed by atoms with Gasteiger partial charge in [0.25, 0.3) is 0 Å². The van der Waals surface area contributed by atoms with Crippen LogP contribution in [0.25, 0.3) is 0 Å². The first-order valence-electron chi connectivity index (χ1n) is 8.67. The lowest BCUT2D eigenvalue weighted by molar-refractivity contribution is 0.112. The van der Waals surface area contributed by atoms with Crippen molar-refractivity contribution in [2.75, 3.05) is 18.5 Å². The van der Waals surface area contributed by atoms with Gasteiger partial charge >= 0.3 is 0 Å². The first-order valence-corrected chi connectivity index (χ1v) is 8.67. The van der Waals surface area contributed by atoms with Gasteiger partial charge in [0.1, 0.15) is 5.82 Å². The molecule has 0 amide bonds. The summed E-state index contributed by atoms with van der Waals surface area (Å²) in [4.78, 5) is 9.47. The maximum absolute atomic E-state index is 4.72. The first kappa shape index (κ1) is 16.0. The molecule has 122 valence electrons. The van der Waals surface area contributed by atoms with Gasteiger partial charge in [-0.2, -0.15) is 0 Å². The number of hydrogen-bond acceptors (Lipinski definition) is 3. The van der Waals surface area contributed by atoms with E-state index in [0.29, 0.717) is 12.1 Å². The van der Waals surface area contributed by atoms with Crippen molar-refractivity contribution >= 4 is 11.5 Å². The van der Waals surface area contributed by atoms with Gasteiger partial charge in [0.05, 0.1) is 0 Å². The van der Waals surface area contributed by atoms with Crippen molar-refractivity contribution in [1.82, 2.24) is 9.88 Å². The number of likely N-dealkylation sites (tertiary alicyclic amines) is 1. The van der Waals surface area contributed by atoms with Crippen LogP contribution in [0.15, 0.2) is 48.7 Å². The Morgan fingerprint density at radius 3 is 2.52 bits per heavy atom. The molecule has 3 rings (SSSR count). The van der Waals surface area contributed by atoms with E-state index in [-0.39, 0.29) is 0 Å². The molecule has 0 N–H and O–H groups in total. The standard InChI is InChI=1S/C20H27N3/c1-16(2)23-14-8-7-11-19(23)17-12-13-20(21-15-17)22(3)18-9-5-4-6-10-18/h4-6,9-10,12-13,15-16,19H,7-8,11,14H2,1-3H3/t19-/m0/s1. The Kier molecular flexibility index (Phi) is 4.97. The number of rotatable bonds is 4. The number of hydrogen-bond donors (Lipinski definition) is 0. The van der Waals surface area contributed by atoms with Crippen LogP contribution in [-0.4, -0.2) is 29.5 Å². The Bertz CT molecular complexity index is 607. The molecule has 1 aromatic carbocycles. The third-order valence-electron chi connectivity index (χ3n) is 4.85. The predicted molar refractivity (Wildman–Crippen MR) is 97.2 cm³/mol. The summed E-state index contributed by atoms with van der Waals surface area (Å²) < 4.78 is 0. The fourth-order valence-corrected chi connectivity index (χ4v) is 3.51. The Morgan fingerprint density at radius 1 is 1.09 bits per heavy atom. The molecule has 3 heteroatoms.